The van der Waals surface area contributed by atoms with Crippen LogP contribution in [-0.4, -0.2) is 34.4 Å². The maximum Gasteiger partial charge on any atom is 0.223 e. The van der Waals surface area contributed by atoms with Gasteiger partial charge in [-0.25, -0.2) is 4.39 Å². The summed E-state index contributed by atoms with van der Waals surface area (Å²) in [4.78, 5) is 21.0. The molecule has 2 aliphatic heterocycles. The lowest BCUT2D eigenvalue weighted by atomic mass is 9.86. The zero-order valence-corrected chi connectivity index (χ0v) is 14.2. The van der Waals surface area contributed by atoms with Crippen LogP contribution in [0.3, 0.4) is 0 Å². The van der Waals surface area contributed by atoms with Crippen molar-refractivity contribution in [1.82, 2.24) is 9.88 Å². The lowest BCUT2D eigenvalue weighted by Crippen LogP contribution is -2.56. The second kappa shape index (κ2) is 6.47. The van der Waals surface area contributed by atoms with Crippen molar-refractivity contribution in [2.45, 2.75) is 37.8 Å². The van der Waals surface area contributed by atoms with Gasteiger partial charge in [0.25, 0.3) is 0 Å². The van der Waals surface area contributed by atoms with Crippen LogP contribution in [0.1, 0.15) is 31.2 Å². The Morgan fingerprint density at radius 2 is 1.84 bits per heavy atom. The highest BCUT2D eigenvalue weighted by atomic mass is 19.1. The number of pyridine rings is 1. The van der Waals surface area contributed by atoms with Crippen LogP contribution in [0.5, 0.6) is 0 Å². The van der Waals surface area contributed by atoms with E-state index in [4.69, 9.17) is 0 Å². The smallest absolute Gasteiger partial charge is 0.223 e. The summed E-state index contributed by atoms with van der Waals surface area (Å²) >= 11 is 0. The lowest BCUT2D eigenvalue weighted by Gasteiger charge is -2.46. The van der Waals surface area contributed by atoms with E-state index in [2.05, 4.69) is 14.8 Å². The molecule has 4 nitrogen and oxygen atoms in total. The lowest BCUT2D eigenvalue weighted by molar-refractivity contribution is -0.132. The van der Waals surface area contributed by atoms with Gasteiger partial charge in [0.1, 0.15) is 5.82 Å². The maximum absolute atomic E-state index is 13.2. The van der Waals surface area contributed by atoms with Crippen LogP contribution < -0.4 is 4.90 Å². The molecule has 1 atom stereocenters. The Morgan fingerprint density at radius 1 is 1.08 bits per heavy atom. The number of halogens is 1. The standard InChI is InChI=1S/C20H22FN3O/c21-17-2-4-18(5-3-17)23-13-1-9-20(15-23)10-6-19(25)24(20)14-16-7-11-22-12-8-16/h2-5,7-8,11-12H,1,6,9-10,13-15H2. The summed E-state index contributed by atoms with van der Waals surface area (Å²) in [6.07, 6.45) is 7.12. The minimum absolute atomic E-state index is 0.118. The first-order chi connectivity index (χ1) is 12.2. The molecule has 1 unspecified atom stereocenters. The van der Waals surface area contributed by atoms with Gasteiger partial charge < -0.3 is 9.80 Å². The van der Waals surface area contributed by atoms with Crippen molar-refractivity contribution in [3.8, 4) is 0 Å². The summed E-state index contributed by atoms with van der Waals surface area (Å²) in [6, 6.07) is 10.6. The fourth-order valence-electron chi connectivity index (χ4n) is 4.21. The van der Waals surface area contributed by atoms with Gasteiger partial charge >= 0.3 is 0 Å². The van der Waals surface area contributed by atoms with Gasteiger partial charge in [0.05, 0.1) is 5.54 Å². The largest absolute Gasteiger partial charge is 0.369 e. The third-order valence-electron chi connectivity index (χ3n) is 5.52. The molecule has 0 saturated carbocycles. The number of aromatic nitrogens is 1. The molecule has 25 heavy (non-hydrogen) atoms. The van der Waals surface area contributed by atoms with Gasteiger partial charge in [-0.05, 0) is 61.2 Å². The van der Waals surface area contributed by atoms with E-state index >= 15 is 0 Å². The third-order valence-corrected chi connectivity index (χ3v) is 5.52. The van der Waals surface area contributed by atoms with Crippen LogP contribution in [0.15, 0.2) is 48.8 Å². The molecule has 130 valence electrons. The Kier molecular flexibility index (Phi) is 4.15. The monoisotopic (exact) mass is 339 g/mol. The Balaban J connectivity index is 1.58. The number of carbonyl (C=O) groups is 1. The molecule has 2 aromatic rings. The number of rotatable bonds is 3. The molecule has 1 spiro atoms. The Labute approximate surface area is 147 Å². The van der Waals surface area contributed by atoms with E-state index in [1.165, 1.54) is 12.1 Å². The average Bonchev–Trinajstić information content (AvgIpc) is 2.93. The zero-order valence-electron chi connectivity index (χ0n) is 14.2. The summed E-state index contributed by atoms with van der Waals surface area (Å²) in [5, 5.41) is 0. The van der Waals surface area contributed by atoms with Crippen molar-refractivity contribution in [2.24, 2.45) is 0 Å². The molecule has 2 fully saturated rings. The molecule has 0 N–H and O–H groups in total. The molecule has 2 saturated heterocycles. The van der Waals surface area contributed by atoms with Gasteiger partial charge in [-0.2, -0.15) is 0 Å². The van der Waals surface area contributed by atoms with E-state index in [1.54, 1.807) is 12.4 Å². The first-order valence-corrected chi connectivity index (χ1v) is 8.86. The first-order valence-electron chi connectivity index (χ1n) is 8.86. The van der Waals surface area contributed by atoms with Gasteiger partial charge in [-0.15, -0.1) is 0 Å². The van der Waals surface area contributed by atoms with Gasteiger partial charge in [-0.3, -0.25) is 9.78 Å². The van der Waals surface area contributed by atoms with Crippen molar-refractivity contribution >= 4 is 11.6 Å². The number of hydrogen-bond acceptors (Lipinski definition) is 3. The third kappa shape index (κ3) is 3.11. The van der Waals surface area contributed by atoms with Crippen molar-refractivity contribution in [3.63, 3.8) is 0 Å². The van der Waals surface area contributed by atoms with Gasteiger partial charge in [0.2, 0.25) is 5.91 Å². The number of nitrogens with zero attached hydrogens (tertiary/aromatic N) is 3. The molecular weight excluding hydrogens is 317 g/mol. The number of likely N-dealkylation sites (tertiary alicyclic amines) is 1. The van der Waals surface area contributed by atoms with Crippen LogP contribution in [-0.2, 0) is 11.3 Å². The highest BCUT2D eigenvalue weighted by Crippen LogP contribution is 2.40. The Hall–Kier alpha value is -2.43. The maximum atomic E-state index is 13.2. The van der Waals surface area contributed by atoms with E-state index in [9.17, 15) is 9.18 Å². The van der Waals surface area contributed by atoms with Crippen molar-refractivity contribution in [2.75, 3.05) is 18.0 Å². The molecule has 3 heterocycles. The minimum atomic E-state index is -0.217. The quantitative estimate of drug-likeness (QED) is 0.860. The molecule has 0 aliphatic carbocycles. The first kappa shape index (κ1) is 16.1. The summed E-state index contributed by atoms with van der Waals surface area (Å²) < 4.78 is 13.2. The highest BCUT2D eigenvalue weighted by molar-refractivity contribution is 5.80. The van der Waals surface area contributed by atoms with Crippen LogP contribution in [0, 0.1) is 5.82 Å². The van der Waals surface area contributed by atoms with Crippen LogP contribution in [0.4, 0.5) is 10.1 Å². The fourth-order valence-corrected chi connectivity index (χ4v) is 4.21. The van der Waals surface area contributed by atoms with Crippen molar-refractivity contribution < 1.29 is 9.18 Å². The summed E-state index contributed by atoms with van der Waals surface area (Å²) in [5.74, 6) is 0.0172. The number of carbonyl (C=O) groups excluding carboxylic acids is 1. The Bertz CT molecular complexity index is 749. The van der Waals surface area contributed by atoms with Crippen molar-refractivity contribution in [1.29, 1.82) is 0 Å². The summed E-state index contributed by atoms with van der Waals surface area (Å²) in [5.41, 5.74) is 2.03. The van der Waals surface area contributed by atoms with E-state index in [0.29, 0.717) is 13.0 Å². The van der Waals surface area contributed by atoms with Crippen LogP contribution >= 0.6 is 0 Å². The van der Waals surface area contributed by atoms with E-state index in [1.807, 2.05) is 24.3 Å². The van der Waals surface area contributed by atoms with Gasteiger partial charge in [0.15, 0.2) is 0 Å². The topological polar surface area (TPSA) is 36.4 Å². The Morgan fingerprint density at radius 3 is 2.60 bits per heavy atom. The van der Waals surface area contributed by atoms with E-state index in [0.717, 1.165) is 43.6 Å². The normalized spacial score (nSPS) is 23.5. The minimum Gasteiger partial charge on any atom is -0.369 e. The summed E-state index contributed by atoms with van der Waals surface area (Å²) in [6.45, 7) is 2.40. The van der Waals surface area contributed by atoms with Gasteiger partial charge in [-0.1, -0.05) is 0 Å². The van der Waals surface area contributed by atoms with Crippen LogP contribution in [0.25, 0.3) is 0 Å². The van der Waals surface area contributed by atoms with Gasteiger partial charge in [0, 0.05) is 44.1 Å². The number of amides is 1. The van der Waals surface area contributed by atoms with E-state index in [-0.39, 0.29) is 17.3 Å². The number of piperidine rings is 1. The molecule has 1 aromatic carbocycles. The number of benzene rings is 1. The average molecular weight is 339 g/mol. The molecule has 2 aliphatic rings. The fraction of sp³-hybridized carbons (Fsp3) is 0.400. The highest BCUT2D eigenvalue weighted by Gasteiger charge is 2.47. The molecule has 4 rings (SSSR count). The predicted molar refractivity (Wildman–Crippen MR) is 94.6 cm³/mol. The molecule has 1 aromatic heterocycles. The molecule has 0 bridgehead atoms. The SMILES string of the molecule is O=C1CCC2(CCCN(c3ccc(F)cc3)C2)N1Cc1ccncc1. The molecule has 5 heteroatoms. The van der Waals surface area contributed by atoms with Crippen LogP contribution in [0.2, 0.25) is 0 Å². The predicted octanol–water partition coefficient (Wildman–Crippen LogP) is 3.38. The second-order valence-corrected chi connectivity index (χ2v) is 7.06. The number of anilines is 1. The second-order valence-electron chi connectivity index (χ2n) is 7.06. The molecular formula is C20H22FN3O. The zero-order chi connectivity index (χ0) is 17.3. The number of hydrogen-bond donors (Lipinski definition) is 0. The van der Waals surface area contributed by atoms with Crippen molar-refractivity contribution in [3.05, 3.63) is 60.2 Å². The molecule has 0 radical (unpaired) electrons. The molecule has 1 amide bonds. The van der Waals surface area contributed by atoms with E-state index < -0.39 is 0 Å². The summed E-state index contributed by atoms with van der Waals surface area (Å²) in [7, 11) is 0.